The number of carbonyl (C=O) groups excluding carboxylic acids is 1. The van der Waals surface area contributed by atoms with E-state index in [-0.39, 0.29) is 16.9 Å². The number of imidazole rings is 1. The molecule has 4 heterocycles. The highest BCUT2D eigenvalue weighted by molar-refractivity contribution is 6.03. The van der Waals surface area contributed by atoms with Crippen LogP contribution in [0.4, 0.5) is 10.2 Å². The highest BCUT2D eigenvalue weighted by atomic mass is 19.1. The highest BCUT2D eigenvalue weighted by Crippen LogP contribution is 2.33. The maximum absolute atomic E-state index is 13.9. The molecular weight excluding hydrogens is 423 g/mol. The zero-order valence-corrected chi connectivity index (χ0v) is 17.4. The average Bonchev–Trinajstić information content (AvgIpc) is 3.21. The molecule has 2 N–H and O–H groups in total. The second kappa shape index (κ2) is 8.12. The Morgan fingerprint density at radius 3 is 2.76 bits per heavy atom. The van der Waals surface area contributed by atoms with Gasteiger partial charge in [0.05, 0.1) is 5.69 Å². The van der Waals surface area contributed by atoms with E-state index in [1.54, 1.807) is 54.2 Å². The van der Waals surface area contributed by atoms with E-state index in [1.165, 1.54) is 24.4 Å². The van der Waals surface area contributed by atoms with Crippen LogP contribution in [0.2, 0.25) is 0 Å². The minimum atomic E-state index is -0.462. The average molecular weight is 440 g/mol. The summed E-state index contributed by atoms with van der Waals surface area (Å²) in [4.78, 5) is 35.5. The Balaban J connectivity index is 1.60. The van der Waals surface area contributed by atoms with Crippen molar-refractivity contribution in [1.82, 2.24) is 24.6 Å². The molecule has 5 aromatic rings. The number of amides is 1. The summed E-state index contributed by atoms with van der Waals surface area (Å²) in [6.07, 6.45) is 4.61. The number of hydrogen-bond acceptors (Lipinski definition) is 5. The lowest BCUT2D eigenvalue weighted by Gasteiger charge is -2.09. The molecule has 1 aromatic carbocycles. The molecule has 0 spiro atoms. The lowest BCUT2D eigenvalue weighted by molar-refractivity contribution is 0.102. The third-order valence-electron chi connectivity index (χ3n) is 5.14. The van der Waals surface area contributed by atoms with Crippen molar-refractivity contribution < 1.29 is 9.18 Å². The lowest BCUT2D eigenvalue weighted by atomic mass is 10.0. The molecule has 33 heavy (non-hydrogen) atoms. The number of pyridine rings is 2. The molecule has 0 aliphatic rings. The number of nitrogens with one attached hydrogen (secondary N) is 2. The number of rotatable bonds is 4. The third kappa shape index (κ3) is 3.87. The third-order valence-corrected chi connectivity index (χ3v) is 5.14. The van der Waals surface area contributed by atoms with Crippen molar-refractivity contribution in [3.05, 3.63) is 100 Å². The van der Waals surface area contributed by atoms with Crippen molar-refractivity contribution in [3.8, 4) is 22.5 Å². The van der Waals surface area contributed by atoms with E-state index in [9.17, 15) is 14.0 Å². The first-order valence-corrected chi connectivity index (χ1v) is 10.1. The summed E-state index contributed by atoms with van der Waals surface area (Å²) in [5.41, 5.74) is 3.69. The van der Waals surface area contributed by atoms with Gasteiger partial charge in [-0.3, -0.25) is 9.59 Å². The second-order valence-electron chi connectivity index (χ2n) is 7.39. The van der Waals surface area contributed by atoms with Crippen LogP contribution in [-0.4, -0.2) is 30.5 Å². The molecule has 8 nitrogen and oxygen atoms in total. The van der Waals surface area contributed by atoms with Gasteiger partial charge in [0.2, 0.25) is 5.56 Å². The molecule has 5 rings (SSSR count). The van der Waals surface area contributed by atoms with Gasteiger partial charge in [-0.2, -0.15) is 5.10 Å². The van der Waals surface area contributed by atoms with Crippen LogP contribution >= 0.6 is 0 Å². The fourth-order valence-corrected chi connectivity index (χ4v) is 3.56. The molecule has 0 fully saturated rings. The Morgan fingerprint density at radius 2 is 1.94 bits per heavy atom. The number of aryl methyl sites for hydroxylation is 1. The van der Waals surface area contributed by atoms with Crippen LogP contribution in [0.5, 0.6) is 0 Å². The van der Waals surface area contributed by atoms with Gasteiger partial charge >= 0.3 is 0 Å². The van der Waals surface area contributed by atoms with Gasteiger partial charge in [0.15, 0.2) is 5.65 Å². The molecule has 0 radical (unpaired) electrons. The monoisotopic (exact) mass is 440 g/mol. The molecule has 0 saturated heterocycles. The van der Waals surface area contributed by atoms with Gasteiger partial charge in [0.1, 0.15) is 17.3 Å². The maximum atomic E-state index is 13.9. The van der Waals surface area contributed by atoms with Gasteiger partial charge in [-0.05, 0) is 61.0 Å². The van der Waals surface area contributed by atoms with E-state index in [2.05, 4.69) is 20.4 Å². The van der Waals surface area contributed by atoms with E-state index in [4.69, 9.17) is 4.98 Å². The molecular formula is C24H17FN6O2. The molecule has 4 aromatic heterocycles. The van der Waals surface area contributed by atoms with Gasteiger partial charge in [-0.25, -0.2) is 18.9 Å². The molecule has 0 aliphatic carbocycles. The number of aromatic nitrogens is 5. The fraction of sp³-hybridized carbons (Fsp3) is 0.0417. The zero-order valence-electron chi connectivity index (χ0n) is 17.4. The SMILES string of the molecule is Cc1cc(-c2nc3cccnn3c2-c2ccnc(NC(=O)c3cc[nH]c(=O)c3)c2)ccc1F. The highest BCUT2D eigenvalue weighted by Gasteiger charge is 2.18. The standard InChI is InChI=1S/C24H17FN6O2/c1-14-11-15(4-5-18(14)25)22-23(31-20(30-22)3-2-8-28-31)16-6-9-26-19(12-16)29-24(33)17-7-10-27-21(32)13-17/h2-13H,1H3,(H,27,32)(H,26,29,33). The van der Waals surface area contributed by atoms with Crippen molar-refractivity contribution in [3.63, 3.8) is 0 Å². The fourth-order valence-electron chi connectivity index (χ4n) is 3.56. The lowest BCUT2D eigenvalue weighted by Crippen LogP contribution is -2.16. The summed E-state index contributed by atoms with van der Waals surface area (Å²) in [6, 6.07) is 14.6. The number of H-pyrrole nitrogens is 1. The van der Waals surface area contributed by atoms with Crippen LogP contribution in [0, 0.1) is 12.7 Å². The molecule has 162 valence electrons. The molecule has 0 bridgehead atoms. The summed E-state index contributed by atoms with van der Waals surface area (Å²) in [6.45, 7) is 1.70. The van der Waals surface area contributed by atoms with Crippen molar-refractivity contribution in [2.45, 2.75) is 6.92 Å². The minimum absolute atomic E-state index is 0.213. The van der Waals surface area contributed by atoms with Gasteiger partial charge in [0.25, 0.3) is 5.91 Å². The van der Waals surface area contributed by atoms with Crippen LogP contribution in [0.3, 0.4) is 0 Å². The molecule has 0 atom stereocenters. The van der Waals surface area contributed by atoms with Gasteiger partial charge in [0, 0.05) is 41.3 Å². The number of benzene rings is 1. The predicted molar refractivity (Wildman–Crippen MR) is 121 cm³/mol. The first kappa shape index (κ1) is 20.3. The number of anilines is 1. The Hall–Kier alpha value is -4.66. The van der Waals surface area contributed by atoms with Crippen LogP contribution < -0.4 is 10.9 Å². The zero-order chi connectivity index (χ0) is 22.9. The first-order chi connectivity index (χ1) is 16.0. The quantitative estimate of drug-likeness (QED) is 0.442. The number of fused-ring (bicyclic) bond motifs is 1. The molecule has 0 unspecified atom stereocenters. The van der Waals surface area contributed by atoms with E-state index >= 15 is 0 Å². The number of nitrogens with zero attached hydrogens (tertiary/aromatic N) is 4. The summed E-state index contributed by atoms with van der Waals surface area (Å²) in [7, 11) is 0. The van der Waals surface area contributed by atoms with Crippen LogP contribution in [0.1, 0.15) is 15.9 Å². The van der Waals surface area contributed by atoms with Crippen molar-refractivity contribution in [2.75, 3.05) is 5.32 Å². The van der Waals surface area contributed by atoms with Crippen molar-refractivity contribution >= 4 is 17.4 Å². The Labute approximate surface area is 186 Å². The summed E-state index contributed by atoms with van der Waals surface area (Å²) in [5.74, 6) is -0.461. The minimum Gasteiger partial charge on any atom is -0.329 e. The number of hydrogen-bond donors (Lipinski definition) is 2. The normalized spacial score (nSPS) is 11.0. The van der Waals surface area contributed by atoms with Crippen LogP contribution in [0.15, 0.2) is 78.0 Å². The molecule has 1 amide bonds. The summed E-state index contributed by atoms with van der Waals surface area (Å²) in [5, 5.41) is 7.13. The van der Waals surface area contributed by atoms with Gasteiger partial charge in [-0.15, -0.1) is 0 Å². The van der Waals surface area contributed by atoms with E-state index in [0.717, 1.165) is 5.56 Å². The first-order valence-electron chi connectivity index (χ1n) is 10.1. The van der Waals surface area contributed by atoms with Gasteiger partial charge in [-0.1, -0.05) is 0 Å². The summed E-state index contributed by atoms with van der Waals surface area (Å²) >= 11 is 0. The van der Waals surface area contributed by atoms with E-state index in [1.807, 2.05) is 6.07 Å². The predicted octanol–water partition coefficient (Wildman–Crippen LogP) is 3.85. The summed E-state index contributed by atoms with van der Waals surface area (Å²) < 4.78 is 15.6. The number of aromatic amines is 1. The van der Waals surface area contributed by atoms with E-state index < -0.39 is 5.91 Å². The maximum Gasteiger partial charge on any atom is 0.257 e. The Bertz CT molecular complexity index is 1570. The number of carbonyl (C=O) groups is 1. The molecule has 9 heteroatoms. The second-order valence-corrected chi connectivity index (χ2v) is 7.39. The Morgan fingerprint density at radius 1 is 1.06 bits per heavy atom. The topological polar surface area (TPSA) is 105 Å². The molecule has 0 aliphatic heterocycles. The smallest absolute Gasteiger partial charge is 0.257 e. The molecule has 0 saturated carbocycles. The largest absolute Gasteiger partial charge is 0.329 e. The van der Waals surface area contributed by atoms with E-state index in [0.29, 0.717) is 34.0 Å². The Kier molecular flexibility index (Phi) is 4.98. The van der Waals surface area contributed by atoms with Gasteiger partial charge < -0.3 is 10.3 Å². The van der Waals surface area contributed by atoms with Crippen LogP contribution in [0.25, 0.3) is 28.2 Å². The van der Waals surface area contributed by atoms with Crippen LogP contribution in [-0.2, 0) is 0 Å². The number of halogens is 1. The van der Waals surface area contributed by atoms with Crippen molar-refractivity contribution in [1.29, 1.82) is 0 Å². The van der Waals surface area contributed by atoms with Crippen molar-refractivity contribution in [2.24, 2.45) is 0 Å².